The quantitative estimate of drug-likeness (QED) is 0.158. The molecule has 38 heavy (non-hydrogen) atoms. The van der Waals surface area contributed by atoms with E-state index in [4.69, 9.17) is 18.7 Å². The molecule has 3 heterocycles. The molecule has 1 aromatic heterocycles. The molecule has 9 atom stereocenters. The van der Waals surface area contributed by atoms with Crippen LogP contribution in [0.5, 0.6) is 0 Å². The van der Waals surface area contributed by atoms with Crippen molar-refractivity contribution in [2.24, 2.45) is 0 Å². The van der Waals surface area contributed by atoms with Gasteiger partial charge in [0.25, 0.3) is 11.1 Å². The van der Waals surface area contributed by atoms with Gasteiger partial charge in [0.05, 0.1) is 25.2 Å². The van der Waals surface area contributed by atoms with Gasteiger partial charge in [0.2, 0.25) is 0 Å². The van der Waals surface area contributed by atoms with Crippen molar-refractivity contribution in [2.45, 2.75) is 76.1 Å². The highest BCUT2D eigenvalue weighted by Crippen LogP contribution is 2.61. The highest BCUT2D eigenvalue weighted by Gasteiger charge is 2.56. The van der Waals surface area contributed by atoms with Gasteiger partial charge in [-0.3, -0.25) is 33.5 Å². The van der Waals surface area contributed by atoms with Crippen LogP contribution in [0.25, 0.3) is 0 Å². The molecule has 0 saturated carbocycles. The molecule has 216 valence electrons. The molecule has 0 amide bonds. The maximum absolute atomic E-state index is 12.4. The van der Waals surface area contributed by atoms with E-state index in [1.807, 2.05) is 0 Å². The molecule has 2 unspecified atom stereocenters. The molecule has 2 aliphatic rings. The van der Waals surface area contributed by atoms with Crippen LogP contribution < -0.4 is 11.2 Å². The van der Waals surface area contributed by atoms with Crippen molar-refractivity contribution < 1.29 is 56.5 Å². The molecule has 3 rings (SSSR count). The molecule has 1 aromatic rings. The fourth-order valence-electron chi connectivity index (χ4n) is 4.33. The zero-order valence-electron chi connectivity index (χ0n) is 20.7. The first kappa shape index (κ1) is 30.7. The Morgan fingerprint density at radius 2 is 1.95 bits per heavy atom. The molecular weight excluding hydrogens is 560 g/mol. The van der Waals surface area contributed by atoms with Crippen LogP contribution in [-0.4, -0.2) is 79.3 Å². The average Bonchev–Trinajstić information content (AvgIpc) is 3.13. The molecule has 2 fully saturated rings. The predicted octanol–water partition coefficient (Wildman–Crippen LogP) is -0.0707. The van der Waals surface area contributed by atoms with Crippen LogP contribution in [0.3, 0.4) is 0 Å². The van der Waals surface area contributed by atoms with E-state index in [9.17, 15) is 43.7 Å². The molecule has 18 nitrogen and oxygen atoms in total. The summed E-state index contributed by atoms with van der Waals surface area (Å²) in [7, 11) is -9.47. The normalized spacial score (nSPS) is 34.9. The minimum atomic E-state index is -5.39. The van der Waals surface area contributed by atoms with Crippen LogP contribution in [0.4, 0.5) is 0 Å². The number of aryl methyl sites for hydroxylation is 1. The van der Waals surface area contributed by atoms with Crippen LogP contribution >= 0.6 is 15.6 Å². The maximum Gasteiger partial charge on any atom is 0.483 e. The van der Waals surface area contributed by atoms with Gasteiger partial charge in [-0.15, -0.1) is 0 Å². The minimum absolute atomic E-state index is 0.146. The van der Waals surface area contributed by atoms with Crippen LogP contribution in [-0.2, 0) is 36.7 Å². The number of ether oxygens (including phenoxy) is 3. The Hall–Kier alpha value is -1.82. The van der Waals surface area contributed by atoms with Crippen LogP contribution in [0.15, 0.2) is 15.8 Å². The molecule has 0 spiro atoms. The number of hydrogen-bond acceptors (Lipinski definition) is 13. The van der Waals surface area contributed by atoms with Crippen LogP contribution in [0, 0.1) is 17.0 Å². The molecule has 0 aliphatic carbocycles. The SMILES string of the molecule is CO[C@H]1[C@H](C)O[C@H](OP(=O)(O)OP(=O)(O)OC[C@H]2O[C@@H](n3cc(C)c(=O)[nH]c3=O)C[C@@H]2O)C[C@]1(C)[N+](=O)[O-]. The molecule has 2 saturated heterocycles. The number of hydrogen-bond donors (Lipinski definition) is 4. The largest absolute Gasteiger partial charge is 0.483 e. The van der Waals surface area contributed by atoms with E-state index in [2.05, 4.69) is 13.8 Å². The Bertz CT molecular complexity index is 1250. The lowest BCUT2D eigenvalue weighted by atomic mass is 9.86. The number of phosphoric acid groups is 2. The van der Waals surface area contributed by atoms with Gasteiger partial charge in [-0.2, -0.15) is 4.31 Å². The van der Waals surface area contributed by atoms with Crippen molar-refractivity contribution in [2.75, 3.05) is 13.7 Å². The summed E-state index contributed by atoms with van der Waals surface area (Å²) in [6.07, 6.45) is -6.76. The van der Waals surface area contributed by atoms with Gasteiger partial charge >= 0.3 is 21.3 Å². The van der Waals surface area contributed by atoms with Gasteiger partial charge in [0, 0.05) is 37.1 Å². The summed E-state index contributed by atoms with van der Waals surface area (Å²) < 4.78 is 55.4. The Labute approximate surface area is 214 Å². The van der Waals surface area contributed by atoms with E-state index in [0.29, 0.717) is 0 Å². The molecule has 0 aromatic carbocycles. The standard InChI is InChI=1S/C18H29N3O15P2/c1-9-7-20(17(24)19-16(9)23)13-5-11(22)12(34-13)8-32-37(27,28)36-38(29,30)35-14-6-18(3,21(25)26)15(31-4)10(2)33-14/h7,10-15,22H,5-6,8H2,1-4H3,(H,27,28)(H,29,30)(H,19,23,24)/t10-,11-,12+,13+,14+,15-,18-/m0/s1. The highest BCUT2D eigenvalue weighted by atomic mass is 31.3. The Morgan fingerprint density at radius 1 is 1.29 bits per heavy atom. The number of phosphoric ester groups is 2. The summed E-state index contributed by atoms with van der Waals surface area (Å²) >= 11 is 0. The van der Waals surface area contributed by atoms with E-state index in [1.165, 1.54) is 34.1 Å². The van der Waals surface area contributed by atoms with Crippen molar-refractivity contribution in [3.63, 3.8) is 0 Å². The fraction of sp³-hybridized carbons (Fsp3) is 0.778. The number of H-pyrrole nitrogens is 1. The van der Waals surface area contributed by atoms with Gasteiger partial charge in [-0.05, 0) is 13.8 Å². The number of aromatic nitrogens is 2. The lowest BCUT2D eigenvalue weighted by Crippen LogP contribution is -2.59. The van der Waals surface area contributed by atoms with E-state index < -0.39 is 87.3 Å². The average molecular weight is 589 g/mol. The molecule has 0 bridgehead atoms. The van der Waals surface area contributed by atoms with E-state index in [-0.39, 0.29) is 12.0 Å². The topological polar surface area (TPSA) is 248 Å². The van der Waals surface area contributed by atoms with Crippen molar-refractivity contribution in [1.82, 2.24) is 9.55 Å². The van der Waals surface area contributed by atoms with Gasteiger partial charge in [-0.1, -0.05) is 0 Å². The summed E-state index contributed by atoms with van der Waals surface area (Å²) in [6.45, 7) is 3.27. The summed E-state index contributed by atoms with van der Waals surface area (Å²) in [5.74, 6) is 0. The van der Waals surface area contributed by atoms with E-state index in [0.717, 1.165) is 4.57 Å². The first-order valence-electron chi connectivity index (χ1n) is 11.2. The van der Waals surface area contributed by atoms with Gasteiger partial charge < -0.3 is 29.1 Å². The number of aromatic amines is 1. The summed E-state index contributed by atoms with van der Waals surface area (Å²) in [5.41, 5.74) is -3.00. The number of methoxy groups -OCH3 is 1. The Balaban J connectivity index is 1.61. The van der Waals surface area contributed by atoms with Crippen molar-refractivity contribution in [3.8, 4) is 0 Å². The summed E-state index contributed by atoms with van der Waals surface area (Å²) in [4.78, 5) is 56.6. The lowest BCUT2D eigenvalue weighted by molar-refractivity contribution is -0.593. The van der Waals surface area contributed by atoms with Crippen molar-refractivity contribution >= 4 is 15.6 Å². The molecule has 4 N–H and O–H groups in total. The zero-order valence-corrected chi connectivity index (χ0v) is 22.5. The minimum Gasteiger partial charge on any atom is -0.390 e. The second-order valence-corrected chi connectivity index (χ2v) is 12.1. The van der Waals surface area contributed by atoms with Crippen molar-refractivity contribution in [1.29, 1.82) is 0 Å². The fourth-order valence-corrected chi connectivity index (χ4v) is 6.47. The van der Waals surface area contributed by atoms with E-state index in [1.54, 1.807) is 0 Å². The van der Waals surface area contributed by atoms with Gasteiger partial charge in [-0.25, -0.2) is 13.9 Å². The van der Waals surface area contributed by atoms with Crippen LogP contribution in [0.1, 0.15) is 38.5 Å². The van der Waals surface area contributed by atoms with Crippen molar-refractivity contribution in [3.05, 3.63) is 42.7 Å². The predicted molar refractivity (Wildman–Crippen MR) is 124 cm³/mol. The maximum atomic E-state index is 12.4. The lowest BCUT2D eigenvalue weighted by Gasteiger charge is -2.40. The first-order chi connectivity index (χ1) is 17.5. The van der Waals surface area contributed by atoms with E-state index >= 15 is 0 Å². The third-order valence-electron chi connectivity index (χ3n) is 6.18. The Morgan fingerprint density at radius 3 is 2.55 bits per heavy atom. The third-order valence-corrected chi connectivity index (χ3v) is 8.80. The molecule has 0 radical (unpaired) electrons. The zero-order chi connectivity index (χ0) is 28.6. The number of nitro groups is 1. The number of aliphatic hydroxyl groups is 1. The Kier molecular flexibility index (Phi) is 9.17. The number of nitrogens with one attached hydrogen (secondary N) is 1. The highest BCUT2D eigenvalue weighted by molar-refractivity contribution is 7.61. The monoisotopic (exact) mass is 589 g/mol. The van der Waals surface area contributed by atoms with Gasteiger partial charge in [0.15, 0.2) is 12.4 Å². The molecule has 2 aliphatic heterocycles. The second-order valence-electron chi connectivity index (χ2n) is 9.08. The smallest absolute Gasteiger partial charge is 0.390 e. The first-order valence-corrected chi connectivity index (χ1v) is 14.2. The molecular formula is C18H29N3O15P2. The number of aliphatic hydroxyl groups excluding tert-OH is 1. The second kappa shape index (κ2) is 11.3. The number of rotatable bonds is 10. The van der Waals surface area contributed by atoms with Gasteiger partial charge in [0.1, 0.15) is 12.3 Å². The summed E-state index contributed by atoms with van der Waals surface area (Å²) in [5, 5.41) is 21.8. The van der Waals surface area contributed by atoms with Crippen LogP contribution in [0.2, 0.25) is 0 Å². The third kappa shape index (κ3) is 6.84. The molecule has 20 heteroatoms. The number of nitrogens with zero attached hydrogens (tertiary/aromatic N) is 2. The summed E-state index contributed by atoms with van der Waals surface area (Å²) in [6, 6.07) is 0.